The second kappa shape index (κ2) is 65.1. The van der Waals surface area contributed by atoms with E-state index in [9.17, 15) is 33.6 Å². The van der Waals surface area contributed by atoms with Crippen LogP contribution in [0.15, 0.2) is 115 Å². The lowest BCUT2D eigenvalue weighted by atomic mass is 9.77. The van der Waals surface area contributed by atoms with E-state index in [0.717, 1.165) is 217 Å². The SMILES string of the molecule is CCCCCC1CCC(c2ccc(OC(=O)c3ccc(OCCCCCCCCOC(=O)CCC(=O)OCCCCCCCCOc4ccc(OCCCCCCCCOC(=O)CCC(=O)OCCCCCCCCOc5ccc(C(=O)Oc6ccc(C7CCC(CCCCC)CC7)cc6)cc5)c(C(=O)OCCCCCCOC5CCCCO5)c4)cc3)cc2)CC1. The van der Waals surface area contributed by atoms with Crippen molar-refractivity contribution in [3.63, 3.8) is 0 Å². The third kappa shape index (κ3) is 45.0. The molecule has 2 saturated carbocycles. The molecular formula is C106H154O20. The molecule has 0 radical (unpaired) electrons. The molecule has 0 aromatic heterocycles. The molecule has 0 spiro atoms. The van der Waals surface area contributed by atoms with Crippen LogP contribution in [0, 0.1) is 11.8 Å². The van der Waals surface area contributed by atoms with Crippen LogP contribution in [0.25, 0.3) is 0 Å². The molecule has 3 aliphatic rings. The van der Waals surface area contributed by atoms with Gasteiger partial charge in [-0.05, 0) is 267 Å². The second-order valence-corrected chi connectivity index (χ2v) is 35.0. The number of carbonyl (C=O) groups is 7. The van der Waals surface area contributed by atoms with Crippen molar-refractivity contribution in [3.05, 3.63) is 143 Å². The summed E-state index contributed by atoms with van der Waals surface area (Å²) in [7, 11) is 0. The predicted molar refractivity (Wildman–Crippen MR) is 493 cm³/mol. The number of ether oxygens (including phenoxy) is 13. The molecule has 8 rings (SSSR count). The predicted octanol–water partition coefficient (Wildman–Crippen LogP) is 26.1. The fourth-order valence-corrected chi connectivity index (χ4v) is 16.8. The molecule has 126 heavy (non-hydrogen) atoms. The van der Waals surface area contributed by atoms with E-state index in [1.165, 1.54) is 114 Å². The number of carbonyl (C=O) groups excluding carboxylic acids is 7. The van der Waals surface area contributed by atoms with Crippen molar-refractivity contribution in [3.8, 4) is 34.5 Å². The second-order valence-electron chi connectivity index (χ2n) is 35.0. The zero-order valence-corrected chi connectivity index (χ0v) is 76.9. The number of hydrogen-bond donors (Lipinski definition) is 0. The average molecular weight is 1750 g/mol. The van der Waals surface area contributed by atoms with Gasteiger partial charge in [0.25, 0.3) is 0 Å². The minimum absolute atomic E-state index is 0.000465. The van der Waals surface area contributed by atoms with Crippen LogP contribution in [-0.4, -0.2) is 121 Å². The lowest BCUT2D eigenvalue weighted by Gasteiger charge is -2.29. The standard InChI is InChI=1S/C106H154O20/c1-3-5-25-39-84-42-46-86(47-43-84)88-50-62-94(63-51-88)125-104(111)90-54-58-92(59-55-90)114-72-28-15-7-11-19-32-76-118-99(107)68-69-101(109)120-78-34-21-13-9-17-30-74-116-96-66-67-98(97(83-96)106(113)124-82-37-24-23-36-80-122-103-41-27-38-81-123-103)117-75-31-18-10-14-22-35-79-121-102(110)71-70-100(108)119-77-33-20-12-8-16-29-73-115-93-60-56-91(57-61-93)105(112)126-95-64-52-89(53-65-95)87-48-44-85(45-49-87)40-26-6-4-2/h50-67,83-87,103H,3-49,68-82H2,1-2H3. The molecule has 1 aliphatic heterocycles. The largest absolute Gasteiger partial charge is 0.494 e. The summed E-state index contributed by atoms with van der Waals surface area (Å²) < 4.78 is 74.5. The van der Waals surface area contributed by atoms with Crippen molar-refractivity contribution in [2.75, 3.05) is 72.7 Å². The summed E-state index contributed by atoms with van der Waals surface area (Å²) in [6.07, 6.45) is 49.7. The Kier molecular flexibility index (Phi) is 53.2. The highest BCUT2D eigenvalue weighted by Gasteiger charge is 2.26. The molecule has 1 heterocycles. The Hall–Kier alpha value is -8.49. The third-order valence-electron chi connectivity index (χ3n) is 24.7. The van der Waals surface area contributed by atoms with Crippen LogP contribution in [0.2, 0.25) is 0 Å². The van der Waals surface area contributed by atoms with Crippen LogP contribution in [-0.2, 0) is 52.3 Å². The van der Waals surface area contributed by atoms with Crippen molar-refractivity contribution in [2.45, 2.75) is 359 Å². The Balaban J connectivity index is 0.570. The van der Waals surface area contributed by atoms with E-state index in [-0.39, 0.29) is 55.9 Å². The summed E-state index contributed by atoms with van der Waals surface area (Å²) >= 11 is 0. The summed E-state index contributed by atoms with van der Waals surface area (Å²) in [5.41, 5.74) is 3.98. The number of hydrogen-bond acceptors (Lipinski definition) is 20. The molecule has 20 heteroatoms. The van der Waals surface area contributed by atoms with Gasteiger partial charge in [-0.2, -0.15) is 0 Å². The summed E-state index contributed by atoms with van der Waals surface area (Å²) in [4.78, 5) is 88.9. The quantitative estimate of drug-likeness (QED) is 0.0152. The number of benzene rings is 5. The zero-order chi connectivity index (χ0) is 88.7. The lowest BCUT2D eigenvalue weighted by molar-refractivity contribution is -0.162. The van der Waals surface area contributed by atoms with Crippen molar-refractivity contribution in [1.82, 2.24) is 0 Å². The Morgan fingerprint density at radius 3 is 0.984 bits per heavy atom. The topological polar surface area (TPSA) is 239 Å². The molecular weight excluding hydrogens is 1590 g/mol. The first kappa shape index (κ1) is 103. The minimum atomic E-state index is -0.446. The van der Waals surface area contributed by atoms with Gasteiger partial charge >= 0.3 is 41.8 Å². The van der Waals surface area contributed by atoms with Crippen LogP contribution in [0.5, 0.6) is 34.5 Å². The van der Waals surface area contributed by atoms with Gasteiger partial charge in [0.05, 0.1) is 96.3 Å². The summed E-state index contributed by atoms with van der Waals surface area (Å²) in [6.45, 7) is 9.64. The molecule has 0 N–H and O–H groups in total. The number of unbranched alkanes of at least 4 members (excludes halogenated alkanes) is 27. The fraction of sp³-hybridized carbons (Fsp3) is 0.651. The third-order valence-corrected chi connectivity index (χ3v) is 24.7. The van der Waals surface area contributed by atoms with E-state index in [2.05, 4.69) is 38.1 Å². The Morgan fingerprint density at radius 2 is 0.619 bits per heavy atom. The molecule has 698 valence electrons. The van der Waals surface area contributed by atoms with Gasteiger partial charge in [0, 0.05) is 13.2 Å². The van der Waals surface area contributed by atoms with E-state index in [1.54, 1.807) is 36.4 Å². The molecule has 1 saturated heterocycles. The first-order valence-corrected chi connectivity index (χ1v) is 49.4. The molecule has 20 nitrogen and oxygen atoms in total. The molecule has 0 bridgehead atoms. The Morgan fingerprint density at radius 1 is 0.294 bits per heavy atom. The molecule has 3 fully saturated rings. The monoisotopic (exact) mass is 1750 g/mol. The highest BCUT2D eigenvalue weighted by Crippen LogP contribution is 2.40. The average Bonchev–Trinajstić information content (AvgIpc) is 0.851. The van der Waals surface area contributed by atoms with Gasteiger partial charge < -0.3 is 61.6 Å². The smallest absolute Gasteiger partial charge is 0.343 e. The van der Waals surface area contributed by atoms with E-state index in [1.807, 2.05) is 54.6 Å². The van der Waals surface area contributed by atoms with Crippen LogP contribution in [0.3, 0.4) is 0 Å². The maximum atomic E-state index is 13.6. The first-order chi connectivity index (χ1) is 61.9. The highest BCUT2D eigenvalue weighted by molar-refractivity contribution is 5.93. The summed E-state index contributed by atoms with van der Waals surface area (Å²) in [5, 5.41) is 0. The molecule has 5 aromatic rings. The molecule has 1 atom stereocenters. The summed E-state index contributed by atoms with van der Waals surface area (Å²) in [5.74, 6) is 3.73. The first-order valence-electron chi connectivity index (χ1n) is 49.4. The maximum absolute atomic E-state index is 13.6. The van der Waals surface area contributed by atoms with Crippen LogP contribution < -0.4 is 28.4 Å². The van der Waals surface area contributed by atoms with E-state index in [0.29, 0.717) is 129 Å². The molecule has 1 unspecified atom stereocenters. The normalized spacial score (nSPS) is 16.3. The van der Waals surface area contributed by atoms with Crippen LogP contribution >= 0.6 is 0 Å². The van der Waals surface area contributed by atoms with Crippen LogP contribution in [0.1, 0.15) is 395 Å². The molecule has 0 amide bonds. The van der Waals surface area contributed by atoms with Gasteiger partial charge in [-0.1, -0.05) is 199 Å². The summed E-state index contributed by atoms with van der Waals surface area (Å²) in [6, 6.07) is 35.7. The maximum Gasteiger partial charge on any atom is 0.343 e. The minimum Gasteiger partial charge on any atom is -0.494 e. The molecule has 5 aromatic carbocycles. The van der Waals surface area contributed by atoms with Crippen molar-refractivity contribution < 1.29 is 95.1 Å². The fourth-order valence-electron chi connectivity index (χ4n) is 16.8. The highest BCUT2D eigenvalue weighted by atomic mass is 16.7. The van der Waals surface area contributed by atoms with Gasteiger partial charge in [-0.25, -0.2) is 14.4 Å². The number of esters is 7. The van der Waals surface area contributed by atoms with Gasteiger partial charge in [0.2, 0.25) is 0 Å². The van der Waals surface area contributed by atoms with Crippen molar-refractivity contribution >= 4 is 41.8 Å². The van der Waals surface area contributed by atoms with Gasteiger partial charge in [0.15, 0.2) is 6.29 Å². The van der Waals surface area contributed by atoms with E-state index >= 15 is 0 Å². The van der Waals surface area contributed by atoms with Crippen LogP contribution in [0.4, 0.5) is 0 Å². The Bertz CT molecular complexity index is 3740. The molecule has 2 aliphatic carbocycles. The van der Waals surface area contributed by atoms with Gasteiger partial charge in [-0.3, -0.25) is 19.2 Å². The van der Waals surface area contributed by atoms with Gasteiger partial charge in [-0.15, -0.1) is 0 Å². The van der Waals surface area contributed by atoms with Crippen molar-refractivity contribution in [2.24, 2.45) is 11.8 Å². The lowest BCUT2D eigenvalue weighted by Crippen LogP contribution is -2.22. The number of rotatable bonds is 69. The van der Waals surface area contributed by atoms with E-state index in [4.69, 9.17) is 61.6 Å². The zero-order valence-electron chi connectivity index (χ0n) is 76.9. The van der Waals surface area contributed by atoms with Gasteiger partial charge in [0.1, 0.15) is 40.1 Å². The van der Waals surface area contributed by atoms with Crippen molar-refractivity contribution in [1.29, 1.82) is 0 Å². The Labute approximate surface area is 754 Å². The van der Waals surface area contributed by atoms with E-state index < -0.39 is 17.9 Å².